The summed E-state index contributed by atoms with van der Waals surface area (Å²) >= 11 is 1.28. The number of benzene rings is 4. The largest absolute Gasteiger partial charge is 0.457 e. The van der Waals surface area contributed by atoms with Crippen molar-refractivity contribution in [1.82, 2.24) is 0 Å². The number of aryl methyl sites for hydroxylation is 2. The summed E-state index contributed by atoms with van der Waals surface area (Å²) in [7, 11) is 0. The molecule has 0 bridgehead atoms. The van der Waals surface area contributed by atoms with Crippen LogP contribution in [0.3, 0.4) is 0 Å². The van der Waals surface area contributed by atoms with Crippen LogP contribution in [-0.2, 0) is 9.59 Å². The molecule has 0 unspecified atom stereocenters. The van der Waals surface area contributed by atoms with Crippen molar-refractivity contribution in [2.24, 2.45) is 0 Å². The molecule has 0 radical (unpaired) electrons. The number of imide groups is 1. The van der Waals surface area contributed by atoms with Crippen molar-refractivity contribution in [2.75, 3.05) is 10.2 Å². The van der Waals surface area contributed by atoms with E-state index in [1.807, 2.05) is 92.7 Å². The smallest absolute Gasteiger partial charge is 0.283 e. The Morgan fingerprint density at radius 3 is 2.00 bits per heavy atom. The van der Waals surface area contributed by atoms with Gasteiger partial charge in [0.2, 0.25) is 0 Å². The lowest BCUT2D eigenvalue weighted by Gasteiger charge is -2.16. The number of nitrogens with zero attached hydrogens (tertiary/aromatic N) is 1. The van der Waals surface area contributed by atoms with E-state index in [2.05, 4.69) is 5.32 Å². The van der Waals surface area contributed by atoms with Gasteiger partial charge in [0.15, 0.2) is 0 Å². The van der Waals surface area contributed by atoms with E-state index in [9.17, 15) is 9.59 Å². The van der Waals surface area contributed by atoms with Crippen LogP contribution < -0.4 is 15.0 Å². The fourth-order valence-electron chi connectivity index (χ4n) is 3.81. The van der Waals surface area contributed by atoms with Crippen molar-refractivity contribution < 1.29 is 14.3 Å². The van der Waals surface area contributed by atoms with Gasteiger partial charge in [-0.15, -0.1) is 0 Å². The van der Waals surface area contributed by atoms with Crippen LogP contribution in [0.15, 0.2) is 119 Å². The SMILES string of the molecule is Cc1ccc(NC2=C(Sc3ccccc3)C(=O)N(c3ccc(Oc4ccccc4)cc3)C2=O)cc1C. The molecule has 0 aromatic heterocycles. The molecule has 1 N–H and O–H groups in total. The van der Waals surface area contributed by atoms with E-state index >= 15 is 0 Å². The summed E-state index contributed by atoms with van der Waals surface area (Å²) in [4.78, 5) is 29.6. The molecule has 1 heterocycles. The number of nitrogens with one attached hydrogen (secondary N) is 1. The second-order valence-electron chi connectivity index (χ2n) is 8.40. The van der Waals surface area contributed by atoms with Crippen LogP contribution in [0.2, 0.25) is 0 Å². The van der Waals surface area contributed by atoms with E-state index in [1.165, 1.54) is 16.7 Å². The van der Waals surface area contributed by atoms with Gasteiger partial charge in [-0.05, 0) is 85.6 Å². The maximum atomic E-state index is 13.6. The van der Waals surface area contributed by atoms with Gasteiger partial charge in [-0.3, -0.25) is 9.59 Å². The molecule has 0 saturated carbocycles. The molecule has 0 fully saturated rings. The van der Waals surface area contributed by atoms with Gasteiger partial charge in [0, 0.05) is 10.6 Å². The van der Waals surface area contributed by atoms with Crippen LogP contribution in [0.5, 0.6) is 11.5 Å². The fourth-order valence-corrected chi connectivity index (χ4v) is 4.75. The first-order chi connectivity index (χ1) is 17.5. The van der Waals surface area contributed by atoms with Crippen LogP contribution in [0.1, 0.15) is 11.1 Å². The van der Waals surface area contributed by atoms with Gasteiger partial charge in [-0.2, -0.15) is 0 Å². The Hall–Kier alpha value is -4.29. The summed E-state index contributed by atoms with van der Waals surface area (Å²) in [5.41, 5.74) is 3.76. The molecule has 2 amide bonds. The first kappa shape index (κ1) is 23.5. The number of amides is 2. The van der Waals surface area contributed by atoms with Crippen molar-refractivity contribution in [2.45, 2.75) is 18.7 Å². The average Bonchev–Trinajstić information content (AvgIpc) is 3.12. The molecule has 36 heavy (non-hydrogen) atoms. The van der Waals surface area contributed by atoms with E-state index in [-0.39, 0.29) is 11.6 Å². The molecule has 178 valence electrons. The van der Waals surface area contributed by atoms with E-state index in [1.54, 1.807) is 24.3 Å². The van der Waals surface area contributed by atoms with Gasteiger partial charge >= 0.3 is 0 Å². The predicted octanol–water partition coefficient (Wildman–Crippen LogP) is 7.08. The van der Waals surface area contributed by atoms with E-state index in [0.29, 0.717) is 22.1 Å². The quantitative estimate of drug-likeness (QED) is 0.279. The highest BCUT2D eigenvalue weighted by molar-refractivity contribution is 8.04. The van der Waals surface area contributed by atoms with Crippen LogP contribution in [0.25, 0.3) is 0 Å². The molecule has 0 atom stereocenters. The summed E-state index contributed by atoms with van der Waals surface area (Å²) in [6, 6.07) is 31.8. The highest BCUT2D eigenvalue weighted by Gasteiger charge is 2.40. The number of thioether (sulfide) groups is 1. The zero-order chi connectivity index (χ0) is 25.1. The average molecular weight is 493 g/mol. The van der Waals surface area contributed by atoms with Crippen molar-refractivity contribution in [3.05, 3.63) is 125 Å². The zero-order valence-electron chi connectivity index (χ0n) is 19.9. The van der Waals surface area contributed by atoms with Crippen molar-refractivity contribution >= 4 is 35.0 Å². The minimum Gasteiger partial charge on any atom is -0.457 e. The molecule has 0 aliphatic carbocycles. The third-order valence-corrected chi connectivity index (χ3v) is 6.95. The summed E-state index contributed by atoms with van der Waals surface area (Å²) < 4.78 is 5.86. The highest BCUT2D eigenvalue weighted by Crippen LogP contribution is 2.38. The van der Waals surface area contributed by atoms with Crippen LogP contribution in [0.4, 0.5) is 11.4 Å². The summed E-state index contributed by atoms with van der Waals surface area (Å²) in [6.45, 7) is 4.05. The molecular weight excluding hydrogens is 468 g/mol. The van der Waals surface area contributed by atoms with Gasteiger partial charge < -0.3 is 10.1 Å². The molecule has 1 aliphatic heterocycles. The number of carbonyl (C=O) groups is 2. The van der Waals surface area contributed by atoms with Gasteiger partial charge in [0.25, 0.3) is 11.8 Å². The number of hydrogen-bond acceptors (Lipinski definition) is 5. The number of carbonyl (C=O) groups excluding carboxylic acids is 2. The molecular formula is C30H24N2O3S. The zero-order valence-corrected chi connectivity index (χ0v) is 20.7. The second kappa shape index (κ2) is 10.1. The Labute approximate surface area is 214 Å². The molecule has 5 rings (SSSR count). The van der Waals surface area contributed by atoms with Crippen LogP contribution >= 0.6 is 11.8 Å². The maximum absolute atomic E-state index is 13.6. The lowest BCUT2D eigenvalue weighted by Crippen LogP contribution is -2.32. The molecule has 0 saturated heterocycles. The van der Waals surface area contributed by atoms with E-state index < -0.39 is 5.91 Å². The fraction of sp³-hybridized carbons (Fsp3) is 0.0667. The molecule has 6 heteroatoms. The summed E-state index contributed by atoms with van der Waals surface area (Å²) in [5.74, 6) is 0.566. The molecule has 4 aromatic carbocycles. The summed E-state index contributed by atoms with van der Waals surface area (Å²) in [6.07, 6.45) is 0. The maximum Gasteiger partial charge on any atom is 0.283 e. The first-order valence-corrected chi connectivity index (χ1v) is 12.3. The Balaban J connectivity index is 1.45. The normalized spacial score (nSPS) is 13.3. The third kappa shape index (κ3) is 4.90. The van der Waals surface area contributed by atoms with Crippen molar-refractivity contribution in [3.8, 4) is 11.5 Å². The predicted molar refractivity (Wildman–Crippen MR) is 144 cm³/mol. The Bertz CT molecular complexity index is 1450. The van der Waals surface area contributed by atoms with Crippen molar-refractivity contribution in [3.63, 3.8) is 0 Å². The van der Waals surface area contributed by atoms with Crippen LogP contribution in [-0.4, -0.2) is 11.8 Å². The number of anilines is 2. The van der Waals surface area contributed by atoms with Gasteiger partial charge in [0.1, 0.15) is 22.1 Å². The van der Waals surface area contributed by atoms with Gasteiger partial charge in [-0.1, -0.05) is 54.2 Å². The Morgan fingerprint density at radius 2 is 1.33 bits per heavy atom. The third-order valence-electron chi connectivity index (χ3n) is 5.85. The monoisotopic (exact) mass is 492 g/mol. The van der Waals surface area contributed by atoms with Gasteiger partial charge in [-0.25, -0.2) is 4.90 Å². The Morgan fingerprint density at radius 1 is 0.694 bits per heavy atom. The number of ether oxygens (including phenoxy) is 1. The Kier molecular flexibility index (Phi) is 6.60. The minimum absolute atomic E-state index is 0.265. The number of hydrogen-bond donors (Lipinski definition) is 1. The number of para-hydroxylation sites is 1. The molecule has 5 nitrogen and oxygen atoms in total. The second-order valence-corrected chi connectivity index (χ2v) is 9.48. The van der Waals surface area contributed by atoms with Gasteiger partial charge in [0.05, 0.1) is 5.69 Å². The molecule has 0 spiro atoms. The molecule has 1 aliphatic rings. The minimum atomic E-state index is -0.395. The topological polar surface area (TPSA) is 58.6 Å². The highest BCUT2D eigenvalue weighted by atomic mass is 32.2. The lowest BCUT2D eigenvalue weighted by molar-refractivity contribution is -0.120. The first-order valence-electron chi connectivity index (χ1n) is 11.5. The van der Waals surface area contributed by atoms with E-state index in [0.717, 1.165) is 21.7 Å². The lowest BCUT2D eigenvalue weighted by atomic mass is 10.1. The molecule has 4 aromatic rings. The number of rotatable bonds is 7. The van der Waals surface area contributed by atoms with E-state index in [4.69, 9.17) is 4.74 Å². The standard InChI is InChI=1S/C30H24N2O3S/c1-20-13-14-22(19-21(20)2)31-27-28(36-26-11-7-4-8-12-26)30(34)32(29(27)33)23-15-17-25(18-16-23)35-24-9-5-3-6-10-24/h3-19,31H,1-2H3. The van der Waals surface area contributed by atoms with Crippen molar-refractivity contribution in [1.29, 1.82) is 0 Å². The summed E-state index contributed by atoms with van der Waals surface area (Å²) in [5, 5.41) is 3.23. The van der Waals surface area contributed by atoms with Crippen LogP contribution in [0, 0.1) is 13.8 Å².